The third kappa shape index (κ3) is 5.24. The quantitative estimate of drug-likeness (QED) is 0.553. The summed E-state index contributed by atoms with van der Waals surface area (Å²) < 4.78 is 0. The Bertz CT molecular complexity index is 728. The van der Waals surface area contributed by atoms with Gasteiger partial charge in [0.2, 0.25) is 5.91 Å². The summed E-state index contributed by atoms with van der Waals surface area (Å²) in [5, 5.41) is 7.23. The van der Waals surface area contributed by atoms with Crippen molar-refractivity contribution in [1.82, 2.24) is 20.5 Å². The zero-order chi connectivity index (χ0) is 20.9. The number of aliphatic imine (C=N–C) groups is 1. The van der Waals surface area contributed by atoms with E-state index in [1.165, 1.54) is 31.4 Å². The maximum atomic E-state index is 12.0. The van der Waals surface area contributed by atoms with E-state index < -0.39 is 0 Å². The van der Waals surface area contributed by atoms with E-state index in [1.807, 2.05) is 12.4 Å². The van der Waals surface area contributed by atoms with Crippen LogP contribution in [0.3, 0.4) is 0 Å². The Morgan fingerprint density at radius 1 is 1.17 bits per heavy atom. The molecule has 2 bridgehead atoms. The second-order valence-electron chi connectivity index (χ2n) is 9.40. The highest BCUT2D eigenvalue weighted by Gasteiger charge is 2.39. The predicted octanol–water partition coefficient (Wildman–Crippen LogP) is 2.11. The molecule has 1 amide bonds. The fourth-order valence-corrected chi connectivity index (χ4v) is 5.23. The van der Waals surface area contributed by atoms with Gasteiger partial charge >= 0.3 is 0 Å². The Balaban J connectivity index is 1.29. The van der Waals surface area contributed by atoms with Crippen molar-refractivity contribution >= 4 is 17.6 Å². The molecule has 3 atom stereocenters. The van der Waals surface area contributed by atoms with Crippen molar-refractivity contribution in [3.63, 3.8) is 0 Å². The summed E-state index contributed by atoms with van der Waals surface area (Å²) in [7, 11) is 3.57. The molecule has 1 saturated heterocycles. The van der Waals surface area contributed by atoms with Crippen LogP contribution >= 0.6 is 0 Å². The predicted molar refractivity (Wildman–Crippen MR) is 121 cm³/mol. The number of carbonyl (C=O) groups excluding carboxylic acids is 1. The molecule has 7 nitrogen and oxygen atoms in total. The molecule has 3 unspecified atom stereocenters. The summed E-state index contributed by atoms with van der Waals surface area (Å²) >= 11 is 0. The lowest BCUT2D eigenvalue weighted by atomic mass is 9.95. The van der Waals surface area contributed by atoms with Crippen molar-refractivity contribution in [3.05, 3.63) is 24.5 Å². The number of hydrogen-bond donors (Lipinski definition) is 2. The first kappa shape index (κ1) is 20.9. The number of carbonyl (C=O) groups is 1. The fraction of sp³-hybridized carbons (Fsp3) is 0.696. The zero-order valence-electron chi connectivity index (χ0n) is 18.4. The molecule has 7 heteroatoms. The van der Waals surface area contributed by atoms with E-state index in [1.54, 1.807) is 19.0 Å². The minimum Gasteiger partial charge on any atom is -0.371 e. The number of pyridine rings is 1. The van der Waals surface area contributed by atoms with Crippen molar-refractivity contribution in [2.45, 2.75) is 44.6 Å². The number of amides is 1. The lowest BCUT2D eigenvalue weighted by Gasteiger charge is -2.34. The molecule has 2 N–H and O–H groups in total. The number of nitrogens with zero attached hydrogens (tertiary/aromatic N) is 4. The first-order valence-electron chi connectivity index (χ1n) is 11.5. The Morgan fingerprint density at radius 2 is 1.93 bits per heavy atom. The maximum Gasteiger partial charge on any atom is 0.243 e. The number of guanidine groups is 1. The summed E-state index contributed by atoms with van der Waals surface area (Å²) in [5.74, 6) is 3.14. The van der Waals surface area contributed by atoms with Crippen molar-refractivity contribution in [2.75, 3.05) is 45.2 Å². The van der Waals surface area contributed by atoms with Gasteiger partial charge in [0.15, 0.2) is 5.96 Å². The third-order valence-corrected chi connectivity index (χ3v) is 7.13. The molecule has 2 heterocycles. The minimum absolute atomic E-state index is 0.0368. The molecule has 3 fully saturated rings. The van der Waals surface area contributed by atoms with Crippen LogP contribution in [0.1, 0.15) is 38.5 Å². The SMILES string of the molecule is CN(C)C(=O)CN=C(NCC1CCN(c2ccncc2)CC1)NC1CC2CCC1C2. The first-order chi connectivity index (χ1) is 14.6. The summed E-state index contributed by atoms with van der Waals surface area (Å²) in [6.45, 7) is 3.25. The number of aromatic nitrogens is 1. The summed E-state index contributed by atoms with van der Waals surface area (Å²) in [6, 6.07) is 4.69. The van der Waals surface area contributed by atoms with Gasteiger partial charge in [-0.25, -0.2) is 4.99 Å². The van der Waals surface area contributed by atoms with E-state index in [9.17, 15) is 4.79 Å². The van der Waals surface area contributed by atoms with Gasteiger partial charge < -0.3 is 20.4 Å². The lowest BCUT2D eigenvalue weighted by Crippen LogP contribution is -2.48. The van der Waals surface area contributed by atoms with Gasteiger partial charge in [-0.2, -0.15) is 0 Å². The molecular weight excluding hydrogens is 376 g/mol. The monoisotopic (exact) mass is 412 g/mol. The van der Waals surface area contributed by atoms with Gasteiger partial charge in [-0.1, -0.05) is 6.42 Å². The van der Waals surface area contributed by atoms with E-state index in [2.05, 4.69) is 37.6 Å². The van der Waals surface area contributed by atoms with E-state index in [4.69, 9.17) is 0 Å². The van der Waals surface area contributed by atoms with Crippen molar-refractivity contribution < 1.29 is 4.79 Å². The number of likely N-dealkylation sites (N-methyl/N-ethyl adjacent to an activating group) is 1. The average Bonchev–Trinajstić information content (AvgIpc) is 3.39. The molecule has 2 aliphatic carbocycles. The van der Waals surface area contributed by atoms with E-state index in [0.29, 0.717) is 12.0 Å². The first-order valence-corrected chi connectivity index (χ1v) is 11.5. The van der Waals surface area contributed by atoms with Crippen LogP contribution in [-0.2, 0) is 4.79 Å². The van der Waals surface area contributed by atoms with Gasteiger partial charge in [0.05, 0.1) is 0 Å². The smallest absolute Gasteiger partial charge is 0.243 e. The van der Waals surface area contributed by atoms with Crippen LogP contribution in [0.5, 0.6) is 0 Å². The average molecular weight is 413 g/mol. The molecular formula is C23H36N6O. The lowest BCUT2D eigenvalue weighted by molar-refractivity contribution is -0.127. The van der Waals surface area contributed by atoms with Gasteiger partial charge in [0.25, 0.3) is 0 Å². The summed E-state index contributed by atoms with van der Waals surface area (Å²) in [4.78, 5) is 24.8. The Kier molecular flexibility index (Phi) is 6.75. The molecule has 164 valence electrons. The number of hydrogen-bond acceptors (Lipinski definition) is 4. The van der Waals surface area contributed by atoms with Crippen LogP contribution in [0.4, 0.5) is 5.69 Å². The van der Waals surface area contributed by atoms with Crippen LogP contribution < -0.4 is 15.5 Å². The largest absolute Gasteiger partial charge is 0.371 e. The number of rotatable bonds is 6. The van der Waals surface area contributed by atoms with Crippen LogP contribution in [0, 0.1) is 17.8 Å². The number of fused-ring (bicyclic) bond motifs is 2. The Labute approximate surface area is 180 Å². The van der Waals surface area contributed by atoms with Crippen molar-refractivity contribution in [3.8, 4) is 0 Å². The molecule has 3 aliphatic rings. The van der Waals surface area contributed by atoms with Crippen LogP contribution in [0.25, 0.3) is 0 Å². The van der Waals surface area contributed by atoms with Gasteiger partial charge in [-0.3, -0.25) is 9.78 Å². The van der Waals surface area contributed by atoms with Gasteiger partial charge in [-0.15, -0.1) is 0 Å². The second kappa shape index (κ2) is 9.67. The standard InChI is InChI=1S/C23H36N6O/c1-28(2)22(30)16-26-23(27-21-14-18-3-4-19(21)13-18)25-15-17-7-11-29(12-8-17)20-5-9-24-10-6-20/h5-6,9-10,17-19,21H,3-4,7-8,11-16H2,1-2H3,(H2,25,26,27). The summed E-state index contributed by atoms with van der Waals surface area (Å²) in [6.07, 6.45) is 11.4. The highest BCUT2D eigenvalue weighted by atomic mass is 16.2. The van der Waals surface area contributed by atoms with Crippen molar-refractivity contribution in [1.29, 1.82) is 0 Å². The van der Waals surface area contributed by atoms with Crippen LogP contribution in [0.2, 0.25) is 0 Å². The molecule has 2 saturated carbocycles. The molecule has 0 spiro atoms. The Morgan fingerprint density at radius 3 is 2.57 bits per heavy atom. The van der Waals surface area contributed by atoms with Gasteiger partial charge in [-0.05, 0) is 62.0 Å². The number of piperidine rings is 1. The van der Waals surface area contributed by atoms with Gasteiger partial charge in [0, 0.05) is 57.9 Å². The molecule has 1 aromatic heterocycles. The maximum absolute atomic E-state index is 12.0. The number of nitrogens with one attached hydrogen (secondary N) is 2. The van der Waals surface area contributed by atoms with E-state index in [0.717, 1.165) is 50.3 Å². The molecule has 30 heavy (non-hydrogen) atoms. The molecule has 1 aromatic rings. The summed E-state index contributed by atoms with van der Waals surface area (Å²) in [5.41, 5.74) is 1.26. The van der Waals surface area contributed by atoms with Crippen LogP contribution in [-0.4, -0.2) is 68.1 Å². The van der Waals surface area contributed by atoms with Crippen molar-refractivity contribution in [2.24, 2.45) is 22.7 Å². The number of anilines is 1. The molecule has 4 rings (SSSR count). The Hall–Kier alpha value is -2.31. The molecule has 1 aliphatic heterocycles. The molecule has 0 aromatic carbocycles. The fourth-order valence-electron chi connectivity index (χ4n) is 5.23. The second-order valence-corrected chi connectivity index (χ2v) is 9.40. The highest BCUT2D eigenvalue weighted by molar-refractivity contribution is 5.85. The molecule has 0 radical (unpaired) electrons. The third-order valence-electron chi connectivity index (χ3n) is 7.13. The topological polar surface area (TPSA) is 72.9 Å². The highest BCUT2D eigenvalue weighted by Crippen LogP contribution is 2.44. The van der Waals surface area contributed by atoms with E-state index in [-0.39, 0.29) is 12.5 Å². The van der Waals surface area contributed by atoms with Crippen LogP contribution in [0.15, 0.2) is 29.5 Å². The van der Waals surface area contributed by atoms with E-state index >= 15 is 0 Å². The normalized spacial score (nSPS) is 26.7. The zero-order valence-corrected chi connectivity index (χ0v) is 18.4. The minimum atomic E-state index is 0.0368. The van der Waals surface area contributed by atoms with Gasteiger partial charge in [0.1, 0.15) is 6.54 Å².